The van der Waals surface area contributed by atoms with Crippen LogP contribution in [-0.2, 0) is 4.74 Å². The number of carbonyl (C=O) groups is 1. The molecular weight excluding hydrogens is 266 g/mol. The average Bonchev–Trinajstić information content (AvgIpc) is 2.29. The molecule has 0 heterocycles. The Morgan fingerprint density at radius 1 is 1.24 bits per heavy atom. The van der Waals surface area contributed by atoms with Gasteiger partial charge >= 0.3 is 6.09 Å². The van der Waals surface area contributed by atoms with Crippen molar-refractivity contribution in [1.29, 1.82) is 0 Å². The van der Waals surface area contributed by atoms with Gasteiger partial charge in [-0.1, -0.05) is 20.8 Å². The first kappa shape index (κ1) is 20.2. The van der Waals surface area contributed by atoms with Crippen molar-refractivity contribution in [2.45, 2.75) is 72.6 Å². The molecule has 0 spiro atoms. The molecule has 5 nitrogen and oxygen atoms in total. The van der Waals surface area contributed by atoms with Crippen LogP contribution in [-0.4, -0.2) is 48.8 Å². The Hall–Kier alpha value is -0.810. The molecule has 2 atom stereocenters. The molecule has 5 heteroatoms. The second kappa shape index (κ2) is 7.99. The molecule has 0 aromatic carbocycles. The van der Waals surface area contributed by atoms with E-state index >= 15 is 0 Å². The third-order valence-corrected chi connectivity index (χ3v) is 3.86. The van der Waals surface area contributed by atoms with Crippen molar-refractivity contribution in [2.24, 2.45) is 11.1 Å². The van der Waals surface area contributed by atoms with Gasteiger partial charge in [-0.2, -0.15) is 0 Å². The standard InChI is InChI=1S/C16H35N3O2/c1-12(15(2,3)4)19(8)13(11-17)9-10-18-14(20)21-16(5,6)7/h12-13H,9-11,17H2,1-8H3,(H,18,20). The maximum absolute atomic E-state index is 11.6. The number of rotatable bonds is 6. The van der Waals surface area contributed by atoms with Gasteiger partial charge in [0, 0.05) is 25.2 Å². The second-order valence-corrected chi connectivity index (χ2v) is 7.81. The van der Waals surface area contributed by atoms with E-state index in [2.05, 4.69) is 45.0 Å². The average molecular weight is 301 g/mol. The molecule has 0 aliphatic heterocycles. The summed E-state index contributed by atoms with van der Waals surface area (Å²) in [4.78, 5) is 13.9. The lowest BCUT2D eigenvalue weighted by atomic mass is 9.86. The van der Waals surface area contributed by atoms with Crippen molar-refractivity contribution in [3.05, 3.63) is 0 Å². The summed E-state index contributed by atoms with van der Waals surface area (Å²) in [5, 5.41) is 2.79. The van der Waals surface area contributed by atoms with Crippen LogP contribution in [0, 0.1) is 5.41 Å². The number of alkyl carbamates (subject to hydrolysis) is 1. The lowest BCUT2D eigenvalue weighted by Crippen LogP contribution is -2.49. The van der Waals surface area contributed by atoms with E-state index < -0.39 is 5.60 Å². The fourth-order valence-electron chi connectivity index (χ4n) is 2.07. The first-order chi connectivity index (χ1) is 9.38. The summed E-state index contributed by atoms with van der Waals surface area (Å²) < 4.78 is 5.22. The molecule has 0 bridgehead atoms. The third kappa shape index (κ3) is 8.27. The molecule has 0 radical (unpaired) electrons. The molecule has 0 saturated carbocycles. The maximum atomic E-state index is 11.6. The van der Waals surface area contributed by atoms with Gasteiger partial charge in [0.05, 0.1) is 0 Å². The largest absolute Gasteiger partial charge is 0.444 e. The van der Waals surface area contributed by atoms with Crippen molar-refractivity contribution in [2.75, 3.05) is 20.1 Å². The third-order valence-electron chi connectivity index (χ3n) is 3.86. The lowest BCUT2D eigenvalue weighted by Gasteiger charge is -2.40. The quantitative estimate of drug-likeness (QED) is 0.791. The summed E-state index contributed by atoms with van der Waals surface area (Å²) in [6.07, 6.45) is 0.442. The zero-order valence-corrected chi connectivity index (χ0v) is 15.1. The van der Waals surface area contributed by atoms with Gasteiger partial charge in [-0.3, -0.25) is 4.90 Å². The molecule has 0 saturated heterocycles. The molecule has 0 aromatic heterocycles. The van der Waals surface area contributed by atoms with Crippen LogP contribution in [0.3, 0.4) is 0 Å². The second-order valence-electron chi connectivity index (χ2n) is 7.81. The molecule has 3 N–H and O–H groups in total. The summed E-state index contributed by atoms with van der Waals surface area (Å²) in [5.41, 5.74) is 5.62. The minimum Gasteiger partial charge on any atom is -0.444 e. The molecular formula is C16H35N3O2. The number of nitrogens with zero attached hydrogens (tertiary/aromatic N) is 1. The van der Waals surface area contributed by atoms with Crippen molar-refractivity contribution in [1.82, 2.24) is 10.2 Å². The number of amides is 1. The molecule has 0 aliphatic carbocycles. The van der Waals surface area contributed by atoms with E-state index in [1.54, 1.807) is 0 Å². The van der Waals surface area contributed by atoms with Crippen molar-refractivity contribution in [3.63, 3.8) is 0 Å². The van der Waals surface area contributed by atoms with E-state index in [0.717, 1.165) is 6.42 Å². The van der Waals surface area contributed by atoms with E-state index in [4.69, 9.17) is 10.5 Å². The Labute approximate surface area is 130 Å². The van der Waals surface area contributed by atoms with Crippen LogP contribution in [0.1, 0.15) is 54.9 Å². The summed E-state index contributed by atoms with van der Waals surface area (Å²) >= 11 is 0. The van der Waals surface area contributed by atoms with E-state index in [9.17, 15) is 4.79 Å². The molecule has 0 aliphatic rings. The number of nitrogens with two attached hydrogens (primary N) is 1. The Bertz CT molecular complexity index is 318. The first-order valence-electron chi connectivity index (χ1n) is 7.77. The predicted octanol–water partition coefficient (Wildman–Crippen LogP) is 2.59. The number of hydrogen-bond acceptors (Lipinski definition) is 4. The Morgan fingerprint density at radius 3 is 2.14 bits per heavy atom. The minimum absolute atomic E-state index is 0.195. The van der Waals surface area contributed by atoms with Gasteiger partial charge in [0.15, 0.2) is 0 Å². The zero-order chi connectivity index (χ0) is 16.8. The van der Waals surface area contributed by atoms with Crippen molar-refractivity contribution >= 4 is 6.09 Å². The van der Waals surface area contributed by atoms with Crippen LogP contribution < -0.4 is 11.1 Å². The predicted molar refractivity (Wildman–Crippen MR) is 88.4 cm³/mol. The first-order valence-corrected chi connectivity index (χ1v) is 7.77. The summed E-state index contributed by atoms with van der Waals surface area (Å²) in [5.74, 6) is 0. The number of ether oxygens (including phenoxy) is 1. The number of nitrogens with one attached hydrogen (secondary N) is 1. The molecule has 21 heavy (non-hydrogen) atoms. The Morgan fingerprint density at radius 2 is 1.76 bits per heavy atom. The number of likely N-dealkylation sites (N-methyl/N-ethyl adjacent to an activating group) is 1. The molecule has 2 unspecified atom stereocenters. The topological polar surface area (TPSA) is 67.6 Å². The van der Waals surface area contributed by atoms with Gasteiger partial charge in [0.25, 0.3) is 0 Å². The fraction of sp³-hybridized carbons (Fsp3) is 0.938. The van der Waals surface area contributed by atoms with E-state index in [1.807, 2.05) is 20.8 Å². The highest BCUT2D eigenvalue weighted by Crippen LogP contribution is 2.24. The highest BCUT2D eigenvalue weighted by atomic mass is 16.6. The van der Waals surface area contributed by atoms with Gasteiger partial charge in [-0.25, -0.2) is 4.79 Å². The Kier molecular flexibility index (Phi) is 7.68. The highest BCUT2D eigenvalue weighted by Gasteiger charge is 2.28. The maximum Gasteiger partial charge on any atom is 0.407 e. The molecule has 0 rings (SSSR count). The number of hydrogen-bond donors (Lipinski definition) is 2. The van der Waals surface area contributed by atoms with E-state index in [-0.39, 0.29) is 17.6 Å². The van der Waals surface area contributed by atoms with Gasteiger partial charge < -0.3 is 15.8 Å². The summed E-state index contributed by atoms with van der Waals surface area (Å²) in [7, 11) is 2.10. The summed E-state index contributed by atoms with van der Waals surface area (Å²) in [6.45, 7) is 15.6. The van der Waals surface area contributed by atoms with Crippen LogP contribution in [0.15, 0.2) is 0 Å². The van der Waals surface area contributed by atoms with E-state index in [0.29, 0.717) is 19.1 Å². The molecule has 126 valence electrons. The monoisotopic (exact) mass is 301 g/mol. The fourth-order valence-corrected chi connectivity index (χ4v) is 2.07. The van der Waals surface area contributed by atoms with Crippen LogP contribution in [0.5, 0.6) is 0 Å². The van der Waals surface area contributed by atoms with Crippen LogP contribution in [0.25, 0.3) is 0 Å². The van der Waals surface area contributed by atoms with Gasteiger partial charge in [-0.05, 0) is 46.6 Å². The number of carbonyl (C=O) groups excluding carboxylic acids is 1. The van der Waals surface area contributed by atoms with E-state index in [1.165, 1.54) is 0 Å². The summed E-state index contributed by atoms with van der Waals surface area (Å²) in [6, 6.07) is 0.654. The highest BCUT2D eigenvalue weighted by molar-refractivity contribution is 5.67. The van der Waals surface area contributed by atoms with Gasteiger partial charge in [0.1, 0.15) is 5.60 Å². The van der Waals surface area contributed by atoms with Gasteiger partial charge in [-0.15, -0.1) is 0 Å². The zero-order valence-electron chi connectivity index (χ0n) is 15.1. The van der Waals surface area contributed by atoms with Crippen LogP contribution in [0.4, 0.5) is 4.79 Å². The molecule has 1 amide bonds. The SMILES string of the molecule is CC(N(C)C(CN)CCNC(=O)OC(C)(C)C)C(C)(C)C. The van der Waals surface area contributed by atoms with Crippen LogP contribution >= 0.6 is 0 Å². The van der Waals surface area contributed by atoms with Crippen molar-refractivity contribution in [3.8, 4) is 0 Å². The molecule has 0 fully saturated rings. The van der Waals surface area contributed by atoms with Crippen molar-refractivity contribution < 1.29 is 9.53 Å². The van der Waals surface area contributed by atoms with Crippen LogP contribution in [0.2, 0.25) is 0 Å². The minimum atomic E-state index is -0.463. The van der Waals surface area contributed by atoms with Gasteiger partial charge in [0.2, 0.25) is 0 Å². The lowest BCUT2D eigenvalue weighted by molar-refractivity contribution is 0.0513. The smallest absolute Gasteiger partial charge is 0.407 e. The molecule has 0 aromatic rings. The normalized spacial score (nSPS) is 15.7. The Balaban J connectivity index is 4.31.